The van der Waals surface area contributed by atoms with Gasteiger partial charge in [-0.25, -0.2) is 0 Å². The number of aliphatic hydroxyl groups is 1. The standard InChI is InChI=1S/C19H23NO4/c1-9(2)20-18(22)14-12-8-13-15(14)19(20,24-17(13)16(12)21)10-4-6-11(23-3)7-5-10/h4-7,9,12-17,21H,8H2,1-3H3. The van der Waals surface area contributed by atoms with Crippen LogP contribution >= 0.6 is 0 Å². The number of carbonyl (C=O) groups excluding carboxylic acids is 1. The van der Waals surface area contributed by atoms with Crippen LogP contribution in [0.1, 0.15) is 25.8 Å². The lowest BCUT2D eigenvalue weighted by molar-refractivity contribution is -0.188. The summed E-state index contributed by atoms with van der Waals surface area (Å²) in [6.45, 7) is 4.09. The number of ether oxygens (including phenoxy) is 2. The van der Waals surface area contributed by atoms with Gasteiger partial charge in [0.15, 0.2) is 5.72 Å². The van der Waals surface area contributed by atoms with Crippen molar-refractivity contribution in [1.29, 1.82) is 0 Å². The number of hydrogen-bond donors (Lipinski definition) is 1. The molecule has 128 valence electrons. The number of hydrogen-bond acceptors (Lipinski definition) is 4. The van der Waals surface area contributed by atoms with Crippen molar-refractivity contribution in [3.8, 4) is 5.75 Å². The van der Waals surface area contributed by atoms with Crippen molar-refractivity contribution in [2.45, 2.75) is 44.2 Å². The van der Waals surface area contributed by atoms with Crippen molar-refractivity contribution >= 4 is 5.91 Å². The molecular formula is C19H23NO4. The average molecular weight is 329 g/mol. The third-order valence-corrected chi connectivity index (χ3v) is 6.72. The molecule has 5 rings (SSSR count). The van der Waals surface area contributed by atoms with Crippen LogP contribution in [0.3, 0.4) is 0 Å². The molecule has 2 saturated heterocycles. The number of nitrogens with zero attached hydrogens (tertiary/aromatic N) is 1. The minimum atomic E-state index is -0.732. The molecule has 5 nitrogen and oxygen atoms in total. The Bertz CT molecular complexity index is 702. The molecule has 1 amide bonds. The van der Waals surface area contributed by atoms with Crippen molar-refractivity contribution in [1.82, 2.24) is 4.90 Å². The van der Waals surface area contributed by atoms with Crippen molar-refractivity contribution in [3.05, 3.63) is 29.8 Å². The molecule has 1 N–H and O–H groups in total. The van der Waals surface area contributed by atoms with Gasteiger partial charge in [0.1, 0.15) is 5.75 Å². The van der Waals surface area contributed by atoms with Gasteiger partial charge in [0.25, 0.3) is 0 Å². The number of carbonyl (C=O) groups is 1. The first-order valence-corrected chi connectivity index (χ1v) is 8.84. The zero-order chi connectivity index (χ0) is 16.8. The quantitative estimate of drug-likeness (QED) is 0.918. The normalized spacial score (nSPS) is 44.9. The molecule has 5 heteroatoms. The van der Waals surface area contributed by atoms with Gasteiger partial charge in [-0.2, -0.15) is 0 Å². The number of aliphatic hydroxyl groups excluding tert-OH is 1. The molecule has 2 saturated carbocycles. The highest BCUT2D eigenvalue weighted by molar-refractivity contribution is 5.85. The van der Waals surface area contributed by atoms with Gasteiger partial charge in [-0.05, 0) is 44.2 Å². The van der Waals surface area contributed by atoms with E-state index >= 15 is 0 Å². The van der Waals surface area contributed by atoms with Gasteiger partial charge in [0.2, 0.25) is 5.91 Å². The van der Waals surface area contributed by atoms with Gasteiger partial charge in [-0.15, -0.1) is 0 Å². The van der Waals surface area contributed by atoms with E-state index in [1.54, 1.807) is 7.11 Å². The summed E-state index contributed by atoms with van der Waals surface area (Å²) >= 11 is 0. The second-order valence-corrected chi connectivity index (χ2v) is 7.91. The topological polar surface area (TPSA) is 59.0 Å². The van der Waals surface area contributed by atoms with E-state index in [0.717, 1.165) is 17.7 Å². The van der Waals surface area contributed by atoms with Crippen LogP contribution < -0.4 is 4.74 Å². The molecule has 7 atom stereocenters. The highest BCUT2D eigenvalue weighted by atomic mass is 16.6. The maximum atomic E-state index is 13.2. The molecular weight excluding hydrogens is 306 g/mol. The lowest BCUT2D eigenvalue weighted by Crippen LogP contribution is -2.51. The Kier molecular flexibility index (Phi) is 2.78. The van der Waals surface area contributed by atoms with Crippen LogP contribution in [0.5, 0.6) is 5.75 Å². The van der Waals surface area contributed by atoms with Gasteiger partial charge in [0.05, 0.1) is 25.2 Å². The monoisotopic (exact) mass is 329 g/mol. The summed E-state index contributed by atoms with van der Waals surface area (Å²) in [6, 6.07) is 7.92. The van der Waals surface area contributed by atoms with Crippen molar-refractivity contribution in [2.75, 3.05) is 7.11 Å². The van der Waals surface area contributed by atoms with Crippen molar-refractivity contribution in [2.24, 2.45) is 23.7 Å². The molecule has 1 aromatic rings. The molecule has 2 bridgehead atoms. The summed E-state index contributed by atoms with van der Waals surface area (Å²) in [6.07, 6.45) is 0.263. The Morgan fingerprint density at radius 1 is 1.29 bits per heavy atom. The number of benzene rings is 1. The molecule has 4 aliphatic rings. The second-order valence-electron chi connectivity index (χ2n) is 7.91. The van der Waals surface area contributed by atoms with Crippen LogP contribution in [-0.2, 0) is 15.3 Å². The zero-order valence-electron chi connectivity index (χ0n) is 14.2. The summed E-state index contributed by atoms with van der Waals surface area (Å²) in [7, 11) is 1.65. The van der Waals surface area contributed by atoms with Crippen LogP contribution in [0.15, 0.2) is 24.3 Å². The summed E-state index contributed by atoms with van der Waals surface area (Å²) in [5.74, 6) is 1.33. The first kappa shape index (κ1) is 14.7. The summed E-state index contributed by atoms with van der Waals surface area (Å²) in [5, 5.41) is 10.6. The van der Waals surface area contributed by atoms with Crippen LogP contribution in [0.25, 0.3) is 0 Å². The third kappa shape index (κ3) is 1.43. The highest BCUT2D eigenvalue weighted by Crippen LogP contribution is 2.70. The number of amides is 1. The Morgan fingerprint density at radius 2 is 2.00 bits per heavy atom. The number of fused-ring (bicyclic) bond motifs is 2. The predicted molar refractivity (Wildman–Crippen MR) is 86.1 cm³/mol. The van der Waals surface area contributed by atoms with E-state index in [-0.39, 0.29) is 41.7 Å². The van der Waals surface area contributed by atoms with E-state index in [1.165, 1.54) is 0 Å². The Labute approximate surface area is 141 Å². The predicted octanol–water partition coefficient (Wildman–Crippen LogP) is 1.74. The fourth-order valence-electron chi connectivity index (χ4n) is 6.05. The van der Waals surface area contributed by atoms with Crippen molar-refractivity contribution in [3.63, 3.8) is 0 Å². The number of methoxy groups -OCH3 is 1. The maximum Gasteiger partial charge on any atom is 0.229 e. The molecule has 0 aromatic heterocycles. The van der Waals surface area contributed by atoms with Gasteiger partial charge in [-0.1, -0.05) is 12.1 Å². The molecule has 2 heterocycles. The summed E-state index contributed by atoms with van der Waals surface area (Å²) in [4.78, 5) is 15.2. The van der Waals surface area contributed by atoms with Crippen LogP contribution in [0.4, 0.5) is 0 Å². The minimum absolute atomic E-state index is 0.0560. The number of likely N-dealkylation sites (tertiary alicyclic amines) is 1. The SMILES string of the molecule is COc1ccc(C23OC4C(O)C5CC4C2C5C(=O)N3C(C)C)cc1. The lowest BCUT2D eigenvalue weighted by Gasteiger charge is -2.41. The Morgan fingerprint density at radius 3 is 2.62 bits per heavy atom. The molecule has 0 radical (unpaired) electrons. The van der Waals surface area contributed by atoms with E-state index in [0.29, 0.717) is 0 Å². The fourth-order valence-corrected chi connectivity index (χ4v) is 6.05. The maximum absolute atomic E-state index is 13.2. The molecule has 1 aromatic carbocycles. The van der Waals surface area contributed by atoms with Gasteiger partial charge in [-0.3, -0.25) is 4.79 Å². The van der Waals surface area contributed by atoms with E-state index < -0.39 is 11.8 Å². The highest BCUT2D eigenvalue weighted by Gasteiger charge is 2.79. The molecule has 0 spiro atoms. The van der Waals surface area contributed by atoms with Gasteiger partial charge < -0.3 is 19.5 Å². The van der Waals surface area contributed by atoms with E-state index in [9.17, 15) is 9.90 Å². The number of rotatable bonds is 3. The lowest BCUT2D eigenvalue weighted by atomic mass is 9.75. The van der Waals surface area contributed by atoms with E-state index in [2.05, 4.69) is 0 Å². The smallest absolute Gasteiger partial charge is 0.229 e. The van der Waals surface area contributed by atoms with Gasteiger partial charge >= 0.3 is 0 Å². The van der Waals surface area contributed by atoms with E-state index in [1.807, 2.05) is 43.0 Å². The third-order valence-electron chi connectivity index (χ3n) is 6.72. The van der Waals surface area contributed by atoms with Crippen LogP contribution in [-0.4, -0.2) is 41.3 Å². The molecule has 7 unspecified atom stereocenters. The summed E-state index contributed by atoms with van der Waals surface area (Å²) in [5.41, 5.74) is 0.268. The minimum Gasteiger partial charge on any atom is -0.497 e. The average Bonchev–Trinajstić information content (AvgIpc) is 3.23. The van der Waals surface area contributed by atoms with Gasteiger partial charge in [0, 0.05) is 17.5 Å². The zero-order valence-corrected chi connectivity index (χ0v) is 14.2. The van der Waals surface area contributed by atoms with Crippen molar-refractivity contribution < 1.29 is 19.4 Å². The van der Waals surface area contributed by atoms with Crippen LogP contribution in [0.2, 0.25) is 0 Å². The molecule has 2 aliphatic heterocycles. The molecule has 24 heavy (non-hydrogen) atoms. The molecule has 2 aliphatic carbocycles. The summed E-state index contributed by atoms with van der Waals surface area (Å²) < 4.78 is 11.8. The van der Waals surface area contributed by atoms with E-state index in [4.69, 9.17) is 9.47 Å². The first-order chi connectivity index (χ1) is 11.5. The van der Waals surface area contributed by atoms with Crippen LogP contribution in [0, 0.1) is 23.7 Å². The Balaban J connectivity index is 1.70. The second kappa shape index (κ2) is 4.52. The molecule has 4 fully saturated rings. The fraction of sp³-hybridized carbons (Fsp3) is 0.632. The Hall–Kier alpha value is -1.59. The largest absolute Gasteiger partial charge is 0.497 e. The first-order valence-electron chi connectivity index (χ1n) is 8.84.